The summed E-state index contributed by atoms with van der Waals surface area (Å²) < 4.78 is 62.2. The molecular formula is C10H7F5N2. The third kappa shape index (κ3) is 2.36. The van der Waals surface area contributed by atoms with E-state index in [1.54, 1.807) is 0 Å². The molecule has 1 rings (SSSR count). The van der Waals surface area contributed by atoms with Crippen molar-refractivity contribution in [2.24, 2.45) is 5.73 Å². The molecule has 7 heteroatoms. The van der Waals surface area contributed by atoms with E-state index in [1.807, 2.05) is 0 Å². The molecule has 1 aromatic carbocycles. The zero-order valence-corrected chi connectivity index (χ0v) is 8.30. The van der Waals surface area contributed by atoms with Gasteiger partial charge in [0.25, 0.3) is 0 Å². The number of rotatable bonds is 2. The topological polar surface area (TPSA) is 49.8 Å². The van der Waals surface area contributed by atoms with E-state index < -0.39 is 23.7 Å². The van der Waals surface area contributed by atoms with Gasteiger partial charge < -0.3 is 5.73 Å². The van der Waals surface area contributed by atoms with Gasteiger partial charge in [0, 0.05) is 0 Å². The summed E-state index contributed by atoms with van der Waals surface area (Å²) in [5.41, 5.74) is 4.08. The first-order chi connectivity index (χ1) is 7.71. The molecular weight excluding hydrogens is 243 g/mol. The van der Waals surface area contributed by atoms with E-state index >= 15 is 0 Å². The number of nitrogens with two attached hydrogens (primary N) is 1. The molecule has 0 spiro atoms. The van der Waals surface area contributed by atoms with Crippen LogP contribution in [0.1, 0.15) is 17.2 Å². The molecule has 0 fully saturated rings. The Morgan fingerprint density at radius 3 is 2.12 bits per heavy atom. The summed E-state index contributed by atoms with van der Waals surface area (Å²) in [5.74, 6) is -5.08. The lowest BCUT2D eigenvalue weighted by Gasteiger charge is -2.26. The Morgan fingerprint density at radius 2 is 1.65 bits per heavy atom. The number of hydrogen-bond acceptors (Lipinski definition) is 2. The summed E-state index contributed by atoms with van der Waals surface area (Å²) in [4.78, 5) is 0. The molecule has 2 N–H and O–H groups in total. The molecule has 1 atom stereocenters. The lowest BCUT2D eigenvalue weighted by molar-refractivity contribution is -0.291. The van der Waals surface area contributed by atoms with Crippen molar-refractivity contribution in [1.29, 1.82) is 5.26 Å². The van der Waals surface area contributed by atoms with Gasteiger partial charge in [-0.05, 0) is 11.6 Å². The lowest BCUT2D eigenvalue weighted by Crippen LogP contribution is -2.46. The van der Waals surface area contributed by atoms with Crippen molar-refractivity contribution in [2.75, 3.05) is 0 Å². The molecule has 0 saturated heterocycles. The van der Waals surface area contributed by atoms with Crippen LogP contribution in [0.3, 0.4) is 0 Å². The quantitative estimate of drug-likeness (QED) is 0.820. The standard InChI is InChI=1S/C10H7F5N2/c11-9(12,10(13,14)15)8(17)7-4-2-1-3-6(7)5-16/h1-4,8H,17H2/t8-/m0/s1. The summed E-state index contributed by atoms with van der Waals surface area (Å²) in [6.07, 6.45) is -5.75. The minimum absolute atomic E-state index is 0.302. The van der Waals surface area contributed by atoms with Crippen LogP contribution in [0.5, 0.6) is 0 Å². The van der Waals surface area contributed by atoms with Crippen molar-refractivity contribution in [3.8, 4) is 6.07 Å². The fraction of sp³-hybridized carbons (Fsp3) is 0.300. The first-order valence-electron chi connectivity index (χ1n) is 4.41. The highest BCUT2D eigenvalue weighted by atomic mass is 19.4. The Bertz CT molecular complexity index is 447. The SMILES string of the molecule is N#Cc1ccccc1[C@H](N)C(F)(F)C(F)(F)F. The predicted octanol–water partition coefficient (Wildman–Crippen LogP) is 2.76. The van der Waals surface area contributed by atoms with Crippen LogP contribution < -0.4 is 5.73 Å². The molecule has 2 nitrogen and oxygen atoms in total. The van der Waals surface area contributed by atoms with Gasteiger partial charge in [0.05, 0.1) is 11.6 Å². The largest absolute Gasteiger partial charge is 0.455 e. The van der Waals surface area contributed by atoms with E-state index in [2.05, 4.69) is 0 Å². The Balaban J connectivity index is 3.22. The summed E-state index contributed by atoms with van der Waals surface area (Å²) in [6.45, 7) is 0. The molecule has 0 saturated carbocycles. The van der Waals surface area contributed by atoms with Crippen LogP contribution in [0.25, 0.3) is 0 Å². The van der Waals surface area contributed by atoms with Crippen molar-refractivity contribution < 1.29 is 22.0 Å². The monoisotopic (exact) mass is 250 g/mol. The van der Waals surface area contributed by atoms with Crippen LogP contribution in [-0.2, 0) is 0 Å². The van der Waals surface area contributed by atoms with Crippen LogP contribution in [-0.4, -0.2) is 12.1 Å². The van der Waals surface area contributed by atoms with Crippen molar-refractivity contribution in [2.45, 2.75) is 18.1 Å². The van der Waals surface area contributed by atoms with Crippen LogP contribution in [0.4, 0.5) is 22.0 Å². The maximum Gasteiger partial charge on any atom is 0.455 e. The zero-order valence-electron chi connectivity index (χ0n) is 8.30. The van der Waals surface area contributed by atoms with Crippen molar-refractivity contribution in [3.63, 3.8) is 0 Å². The molecule has 92 valence electrons. The van der Waals surface area contributed by atoms with Gasteiger partial charge in [0.15, 0.2) is 0 Å². The van der Waals surface area contributed by atoms with Gasteiger partial charge in [-0.15, -0.1) is 0 Å². The van der Waals surface area contributed by atoms with Crippen molar-refractivity contribution in [1.82, 2.24) is 0 Å². The highest BCUT2D eigenvalue weighted by Crippen LogP contribution is 2.43. The van der Waals surface area contributed by atoms with E-state index in [-0.39, 0.29) is 5.56 Å². The molecule has 0 radical (unpaired) electrons. The molecule has 0 aromatic heterocycles. The summed E-state index contributed by atoms with van der Waals surface area (Å²) in [7, 11) is 0. The predicted molar refractivity (Wildman–Crippen MR) is 49.1 cm³/mol. The zero-order chi connectivity index (χ0) is 13.3. The second-order valence-corrected chi connectivity index (χ2v) is 3.30. The maximum absolute atomic E-state index is 13.0. The molecule has 0 heterocycles. The van der Waals surface area contributed by atoms with Gasteiger partial charge in [-0.2, -0.15) is 27.2 Å². The minimum Gasteiger partial charge on any atom is -0.319 e. The minimum atomic E-state index is -5.75. The summed E-state index contributed by atoms with van der Waals surface area (Å²) in [5, 5.41) is 8.60. The van der Waals surface area contributed by atoms with E-state index in [4.69, 9.17) is 11.0 Å². The number of nitriles is 1. The van der Waals surface area contributed by atoms with Crippen LogP contribution in [0, 0.1) is 11.3 Å². The fourth-order valence-electron chi connectivity index (χ4n) is 1.24. The highest BCUT2D eigenvalue weighted by Gasteiger charge is 2.62. The molecule has 0 bridgehead atoms. The normalized spacial score (nSPS) is 14.2. The summed E-state index contributed by atoms with van der Waals surface area (Å²) in [6, 6.07) is 3.61. The third-order valence-electron chi connectivity index (χ3n) is 2.18. The number of nitrogens with zero attached hydrogens (tertiary/aromatic N) is 1. The van der Waals surface area contributed by atoms with Gasteiger partial charge in [-0.1, -0.05) is 18.2 Å². The highest BCUT2D eigenvalue weighted by molar-refractivity contribution is 5.40. The molecule has 17 heavy (non-hydrogen) atoms. The first kappa shape index (κ1) is 13.4. The van der Waals surface area contributed by atoms with E-state index in [1.165, 1.54) is 18.2 Å². The maximum atomic E-state index is 13.0. The van der Waals surface area contributed by atoms with Gasteiger partial charge in [-0.25, -0.2) is 0 Å². The third-order valence-corrected chi connectivity index (χ3v) is 2.18. The first-order valence-corrected chi connectivity index (χ1v) is 4.41. The molecule has 0 amide bonds. The van der Waals surface area contributed by atoms with Gasteiger partial charge in [0.2, 0.25) is 0 Å². The second kappa shape index (κ2) is 4.30. The number of halogens is 5. The smallest absolute Gasteiger partial charge is 0.319 e. The summed E-state index contributed by atoms with van der Waals surface area (Å²) >= 11 is 0. The van der Waals surface area contributed by atoms with Gasteiger partial charge in [0.1, 0.15) is 6.04 Å². The van der Waals surface area contributed by atoms with Gasteiger partial charge >= 0.3 is 12.1 Å². The lowest BCUT2D eigenvalue weighted by atomic mass is 9.96. The van der Waals surface area contributed by atoms with Gasteiger partial charge in [-0.3, -0.25) is 0 Å². The molecule has 1 aromatic rings. The molecule has 0 aliphatic rings. The Morgan fingerprint density at radius 1 is 1.12 bits per heavy atom. The van der Waals surface area contributed by atoms with E-state index in [0.717, 1.165) is 12.1 Å². The van der Waals surface area contributed by atoms with E-state index in [0.29, 0.717) is 0 Å². The fourth-order valence-corrected chi connectivity index (χ4v) is 1.24. The average molecular weight is 250 g/mol. The number of hydrogen-bond donors (Lipinski definition) is 1. The average Bonchev–Trinajstić information content (AvgIpc) is 2.26. The second-order valence-electron chi connectivity index (χ2n) is 3.30. The molecule has 0 aliphatic carbocycles. The van der Waals surface area contributed by atoms with Crippen LogP contribution >= 0.6 is 0 Å². The Kier molecular flexibility index (Phi) is 3.38. The van der Waals surface area contributed by atoms with Crippen LogP contribution in [0.2, 0.25) is 0 Å². The Labute approximate surface area is 93.5 Å². The molecule has 0 unspecified atom stereocenters. The van der Waals surface area contributed by atoms with E-state index in [9.17, 15) is 22.0 Å². The molecule has 0 aliphatic heterocycles. The Hall–Kier alpha value is -1.68. The number of alkyl halides is 5. The number of benzene rings is 1. The van der Waals surface area contributed by atoms with Crippen molar-refractivity contribution in [3.05, 3.63) is 35.4 Å². The van der Waals surface area contributed by atoms with Crippen LogP contribution in [0.15, 0.2) is 24.3 Å². The van der Waals surface area contributed by atoms with Crippen molar-refractivity contribution >= 4 is 0 Å².